The van der Waals surface area contributed by atoms with E-state index in [1.165, 1.54) is 13.2 Å². The molecule has 0 saturated heterocycles. The molecule has 5 nitrogen and oxygen atoms in total. The van der Waals surface area contributed by atoms with Crippen LogP contribution in [0.1, 0.15) is 23.2 Å². The van der Waals surface area contributed by atoms with E-state index in [-0.39, 0.29) is 30.0 Å². The van der Waals surface area contributed by atoms with Gasteiger partial charge < -0.3 is 14.6 Å². The molecule has 1 aromatic rings. The summed E-state index contributed by atoms with van der Waals surface area (Å²) in [5.41, 5.74) is -0.487. The van der Waals surface area contributed by atoms with Crippen molar-refractivity contribution < 1.29 is 14.1 Å². The molecule has 0 atom stereocenters. The average Bonchev–Trinajstić information content (AvgIpc) is 2.78. The van der Waals surface area contributed by atoms with Crippen LogP contribution in [0, 0.1) is 0 Å². The topological polar surface area (TPSA) is 64.4 Å². The summed E-state index contributed by atoms with van der Waals surface area (Å²) in [5, 5.41) is 6.33. The third-order valence-electron chi connectivity index (χ3n) is 2.08. The van der Waals surface area contributed by atoms with Gasteiger partial charge in [0, 0.05) is 24.9 Å². The monoisotopic (exact) mass is 280 g/mol. The number of nitrogens with one attached hydrogen (secondary N) is 1. The van der Waals surface area contributed by atoms with Crippen molar-refractivity contribution in [2.45, 2.75) is 19.1 Å². The van der Waals surface area contributed by atoms with E-state index in [2.05, 4.69) is 10.5 Å². The van der Waals surface area contributed by atoms with Crippen molar-refractivity contribution in [2.75, 3.05) is 18.9 Å². The molecule has 0 unspecified atom stereocenters. The number of nitrogens with zero attached hydrogens (tertiary/aromatic N) is 1. The van der Waals surface area contributed by atoms with E-state index in [0.717, 1.165) is 0 Å². The number of alkyl halides is 2. The summed E-state index contributed by atoms with van der Waals surface area (Å²) in [6.45, 7) is 2.02. The molecule has 1 amide bonds. The van der Waals surface area contributed by atoms with Gasteiger partial charge in [-0.15, -0.1) is 23.2 Å². The highest BCUT2D eigenvalue weighted by atomic mass is 35.5. The van der Waals surface area contributed by atoms with Gasteiger partial charge in [0.2, 0.25) is 0 Å². The first-order valence-electron chi connectivity index (χ1n) is 4.93. The normalized spacial score (nSPS) is 11.5. The second kappa shape index (κ2) is 6.23. The van der Waals surface area contributed by atoms with E-state index in [9.17, 15) is 4.79 Å². The van der Waals surface area contributed by atoms with Crippen molar-refractivity contribution >= 4 is 29.1 Å². The Hall–Kier alpha value is -0.780. The van der Waals surface area contributed by atoms with Crippen molar-refractivity contribution in [1.29, 1.82) is 0 Å². The Bertz CT molecular complexity index is 377. The smallest absolute Gasteiger partial charge is 0.273 e. The molecule has 0 fully saturated rings. The second-order valence-corrected chi connectivity index (χ2v) is 4.43. The number of halogens is 2. The third kappa shape index (κ3) is 3.87. The van der Waals surface area contributed by atoms with Crippen molar-refractivity contribution in [1.82, 2.24) is 10.5 Å². The molecule has 0 aliphatic heterocycles. The van der Waals surface area contributed by atoms with Crippen LogP contribution in [0.2, 0.25) is 0 Å². The number of rotatable bonds is 6. The Labute approximate surface area is 109 Å². The van der Waals surface area contributed by atoms with Crippen molar-refractivity contribution in [3.05, 3.63) is 17.5 Å². The van der Waals surface area contributed by atoms with Crippen LogP contribution >= 0.6 is 23.2 Å². The summed E-state index contributed by atoms with van der Waals surface area (Å²) < 4.78 is 9.76. The van der Waals surface area contributed by atoms with Gasteiger partial charge >= 0.3 is 0 Å². The standard InChI is InChI=1S/C10H14Cl2N2O3/c1-10(5-11,6-12)13-9(15)8-3-7(4-16-2)17-14-8/h3H,4-6H2,1-2H3,(H,13,15). The Balaban J connectivity index is 2.69. The molecule has 7 heteroatoms. The Kier molecular flexibility index (Phi) is 5.24. The van der Waals surface area contributed by atoms with E-state index in [4.69, 9.17) is 32.5 Å². The number of ether oxygens (including phenoxy) is 1. The molecule has 0 spiro atoms. The SMILES string of the molecule is COCc1cc(C(=O)NC(C)(CCl)CCl)no1. The maximum atomic E-state index is 11.8. The van der Waals surface area contributed by atoms with Gasteiger partial charge in [-0.05, 0) is 6.92 Å². The number of hydrogen-bond acceptors (Lipinski definition) is 4. The fraction of sp³-hybridized carbons (Fsp3) is 0.600. The van der Waals surface area contributed by atoms with Crippen LogP contribution < -0.4 is 5.32 Å². The number of methoxy groups -OCH3 is 1. The van der Waals surface area contributed by atoms with Gasteiger partial charge in [-0.25, -0.2) is 0 Å². The van der Waals surface area contributed by atoms with Crippen molar-refractivity contribution in [3.8, 4) is 0 Å². The molecule has 0 saturated carbocycles. The average molecular weight is 281 g/mol. The summed E-state index contributed by atoms with van der Waals surface area (Å²) in [6.07, 6.45) is 0. The molecule has 0 aliphatic carbocycles. The first-order chi connectivity index (χ1) is 8.04. The quantitative estimate of drug-likeness (QED) is 0.807. The fourth-order valence-electron chi connectivity index (χ4n) is 1.07. The van der Waals surface area contributed by atoms with Crippen LogP contribution in [-0.2, 0) is 11.3 Å². The molecule has 1 N–H and O–H groups in total. The van der Waals surface area contributed by atoms with Gasteiger partial charge in [0.1, 0.15) is 6.61 Å². The molecular formula is C10H14Cl2N2O3. The molecular weight excluding hydrogens is 267 g/mol. The lowest BCUT2D eigenvalue weighted by atomic mass is 10.1. The van der Waals surface area contributed by atoms with Crippen LogP contribution in [0.4, 0.5) is 0 Å². The molecule has 1 aromatic heterocycles. The first-order valence-corrected chi connectivity index (χ1v) is 6.00. The molecule has 1 rings (SSSR count). The summed E-state index contributed by atoms with van der Waals surface area (Å²) in [7, 11) is 1.53. The second-order valence-electron chi connectivity index (χ2n) is 3.89. The van der Waals surface area contributed by atoms with Gasteiger partial charge in [-0.3, -0.25) is 4.79 Å². The molecule has 0 aliphatic rings. The fourth-order valence-corrected chi connectivity index (χ4v) is 1.49. The van der Waals surface area contributed by atoms with Crippen molar-refractivity contribution in [3.63, 3.8) is 0 Å². The maximum Gasteiger partial charge on any atom is 0.273 e. The van der Waals surface area contributed by atoms with Crippen LogP contribution in [0.5, 0.6) is 0 Å². The van der Waals surface area contributed by atoms with E-state index < -0.39 is 5.54 Å². The van der Waals surface area contributed by atoms with E-state index in [0.29, 0.717) is 5.76 Å². The van der Waals surface area contributed by atoms with Gasteiger partial charge in [0.15, 0.2) is 11.5 Å². The lowest BCUT2D eigenvalue weighted by Crippen LogP contribution is -2.49. The predicted molar refractivity (Wildman–Crippen MR) is 64.5 cm³/mol. The zero-order valence-corrected chi connectivity index (χ0v) is 11.1. The third-order valence-corrected chi connectivity index (χ3v) is 3.26. The highest BCUT2D eigenvalue weighted by Crippen LogP contribution is 2.11. The molecule has 1 heterocycles. The van der Waals surface area contributed by atoms with E-state index in [1.807, 2.05) is 0 Å². The van der Waals surface area contributed by atoms with Gasteiger partial charge in [-0.1, -0.05) is 5.16 Å². The maximum absolute atomic E-state index is 11.8. The molecule has 0 aromatic carbocycles. The molecule has 0 bridgehead atoms. The van der Waals surface area contributed by atoms with Crippen molar-refractivity contribution in [2.24, 2.45) is 0 Å². The van der Waals surface area contributed by atoms with E-state index >= 15 is 0 Å². The van der Waals surface area contributed by atoms with Crippen LogP contribution in [0.3, 0.4) is 0 Å². The van der Waals surface area contributed by atoms with E-state index in [1.54, 1.807) is 6.92 Å². The number of carbonyl (C=O) groups is 1. The van der Waals surface area contributed by atoms with Gasteiger partial charge in [0.25, 0.3) is 5.91 Å². The number of carbonyl (C=O) groups excluding carboxylic acids is 1. The largest absolute Gasteiger partial charge is 0.377 e. The summed E-state index contributed by atoms with van der Waals surface area (Å²) in [6, 6.07) is 1.52. The lowest BCUT2D eigenvalue weighted by Gasteiger charge is -2.25. The lowest BCUT2D eigenvalue weighted by molar-refractivity contribution is 0.0911. The molecule has 96 valence electrons. The zero-order valence-electron chi connectivity index (χ0n) is 9.63. The number of aromatic nitrogens is 1. The Morgan fingerprint density at radius 1 is 1.59 bits per heavy atom. The summed E-state index contributed by atoms with van der Waals surface area (Å²) in [5.74, 6) is 0.534. The highest BCUT2D eigenvalue weighted by Gasteiger charge is 2.26. The minimum absolute atomic E-state index is 0.179. The molecule has 17 heavy (non-hydrogen) atoms. The highest BCUT2D eigenvalue weighted by molar-refractivity contribution is 6.22. The minimum atomic E-state index is -0.666. The van der Waals surface area contributed by atoms with Crippen LogP contribution in [-0.4, -0.2) is 35.5 Å². The zero-order chi connectivity index (χ0) is 12.9. The van der Waals surface area contributed by atoms with Crippen LogP contribution in [0.25, 0.3) is 0 Å². The number of amides is 1. The van der Waals surface area contributed by atoms with Gasteiger partial charge in [-0.2, -0.15) is 0 Å². The Morgan fingerprint density at radius 2 is 2.24 bits per heavy atom. The van der Waals surface area contributed by atoms with Gasteiger partial charge in [0.05, 0.1) is 5.54 Å². The summed E-state index contributed by atoms with van der Waals surface area (Å²) in [4.78, 5) is 11.8. The predicted octanol–water partition coefficient (Wildman–Crippen LogP) is 1.79. The summed E-state index contributed by atoms with van der Waals surface area (Å²) >= 11 is 11.5. The number of hydrogen-bond donors (Lipinski definition) is 1. The Morgan fingerprint density at radius 3 is 2.76 bits per heavy atom. The van der Waals surface area contributed by atoms with Crippen LogP contribution in [0.15, 0.2) is 10.6 Å². The first kappa shape index (κ1) is 14.3. The molecule has 0 radical (unpaired) electrons. The minimum Gasteiger partial charge on any atom is -0.377 e.